The van der Waals surface area contributed by atoms with Crippen LogP contribution >= 0.6 is 0 Å². The molecular formula is C19H24N6O. The molecule has 3 rings (SSSR count). The first-order valence-corrected chi connectivity index (χ1v) is 8.99. The number of hydrogen-bond acceptors (Lipinski definition) is 6. The Bertz CT molecular complexity index is 871. The van der Waals surface area contributed by atoms with Gasteiger partial charge >= 0.3 is 0 Å². The summed E-state index contributed by atoms with van der Waals surface area (Å²) in [4.78, 5) is 20.9. The summed E-state index contributed by atoms with van der Waals surface area (Å²) in [6.07, 6.45) is 4.34. The number of aromatic amines is 1. The van der Waals surface area contributed by atoms with E-state index in [1.54, 1.807) is 6.20 Å². The summed E-state index contributed by atoms with van der Waals surface area (Å²) >= 11 is 0. The van der Waals surface area contributed by atoms with E-state index in [1.807, 2.05) is 18.3 Å². The fourth-order valence-corrected chi connectivity index (χ4v) is 3.73. The maximum Gasteiger partial charge on any atom is 0.284 e. The number of piperazine rings is 1. The van der Waals surface area contributed by atoms with Crippen LogP contribution in [0.25, 0.3) is 0 Å². The largest absolute Gasteiger partial charge is 0.364 e. The lowest BCUT2D eigenvalue weighted by atomic mass is 10.0. The number of nitrogens with one attached hydrogen (secondary N) is 1. The molecule has 1 aliphatic heterocycles. The van der Waals surface area contributed by atoms with Gasteiger partial charge in [-0.15, -0.1) is 0 Å². The zero-order valence-electron chi connectivity index (χ0n) is 15.4. The highest BCUT2D eigenvalue weighted by Gasteiger charge is 2.30. The van der Waals surface area contributed by atoms with Gasteiger partial charge in [0.1, 0.15) is 11.6 Å². The van der Waals surface area contributed by atoms with Crippen LogP contribution in [0.15, 0.2) is 29.3 Å². The van der Waals surface area contributed by atoms with E-state index in [2.05, 4.69) is 51.8 Å². The Balaban J connectivity index is 1.80. The van der Waals surface area contributed by atoms with Crippen molar-refractivity contribution in [2.45, 2.75) is 39.3 Å². The fraction of sp³-hybridized carbons (Fsp3) is 0.474. The van der Waals surface area contributed by atoms with Gasteiger partial charge in [-0.1, -0.05) is 13.0 Å². The molecule has 0 saturated carbocycles. The Morgan fingerprint density at radius 3 is 2.96 bits per heavy atom. The van der Waals surface area contributed by atoms with Gasteiger partial charge in [-0.25, -0.2) is 5.10 Å². The van der Waals surface area contributed by atoms with Crippen molar-refractivity contribution in [2.75, 3.05) is 24.5 Å². The van der Waals surface area contributed by atoms with Crippen molar-refractivity contribution in [1.82, 2.24) is 20.1 Å². The van der Waals surface area contributed by atoms with Gasteiger partial charge < -0.3 is 4.90 Å². The van der Waals surface area contributed by atoms with Crippen LogP contribution in [0.4, 0.5) is 5.69 Å². The van der Waals surface area contributed by atoms with E-state index < -0.39 is 5.56 Å². The first kappa shape index (κ1) is 18.1. The lowest BCUT2D eigenvalue weighted by Crippen LogP contribution is -2.53. The number of H-pyrrole nitrogens is 1. The molecular weight excluding hydrogens is 328 g/mol. The number of aryl methyl sites for hydroxylation is 1. The van der Waals surface area contributed by atoms with E-state index in [9.17, 15) is 10.1 Å². The average molecular weight is 352 g/mol. The van der Waals surface area contributed by atoms with Crippen LogP contribution in [0, 0.1) is 11.3 Å². The van der Waals surface area contributed by atoms with Gasteiger partial charge in [0.25, 0.3) is 5.56 Å². The van der Waals surface area contributed by atoms with Gasteiger partial charge in [-0.3, -0.25) is 14.7 Å². The first-order chi connectivity index (χ1) is 12.6. The van der Waals surface area contributed by atoms with Gasteiger partial charge in [0.05, 0.1) is 11.9 Å². The molecule has 26 heavy (non-hydrogen) atoms. The number of anilines is 1. The maximum absolute atomic E-state index is 11.9. The SMILES string of the molecule is CCc1ncccc1C(C)N1CCN(c2cn[nH]c(=O)c2C#N)[C@H](C)C1. The second kappa shape index (κ2) is 7.67. The normalized spacial score (nSPS) is 19.2. The molecule has 2 atom stereocenters. The van der Waals surface area contributed by atoms with Crippen LogP contribution in [-0.2, 0) is 6.42 Å². The van der Waals surface area contributed by atoms with Gasteiger partial charge in [-0.05, 0) is 31.9 Å². The van der Waals surface area contributed by atoms with Gasteiger partial charge in [0.15, 0.2) is 0 Å². The van der Waals surface area contributed by atoms with Crippen molar-refractivity contribution in [3.8, 4) is 6.07 Å². The van der Waals surface area contributed by atoms with Crippen LogP contribution in [0.2, 0.25) is 0 Å². The highest BCUT2D eigenvalue weighted by molar-refractivity contribution is 5.57. The highest BCUT2D eigenvalue weighted by Crippen LogP contribution is 2.28. The molecule has 1 N–H and O–H groups in total. The summed E-state index contributed by atoms with van der Waals surface area (Å²) in [6, 6.07) is 6.60. The summed E-state index contributed by atoms with van der Waals surface area (Å²) in [5, 5.41) is 15.5. The molecule has 0 radical (unpaired) electrons. The van der Waals surface area contributed by atoms with Crippen LogP contribution in [-0.4, -0.2) is 45.8 Å². The third kappa shape index (κ3) is 3.33. The lowest BCUT2D eigenvalue weighted by molar-refractivity contribution is 0.174. The quantitative estimate of drug-likeness (QED) is 0.904. The molecule has 0 amide bonds. The topological polar surface area (TPSA) is 88.9 Å². The molecule has 1 saturated heterocycles. The molecule has 0 aromatic carbocycles. The van der Waals surface area contributed by atoms with Crippen molar-refractivity contribution >= 4 is 5.69 Å². The maximum atomic E-state index is 11.9. The van der Waals surface area contributed by atoms with Crippen molar-refractivity contribution in [1.29, 1.82) is 5.26 Å². The Morgan fingerprint density at radius 2 is 2.27 bits per heavy atom. The summed E-state index contributed by atoms with van der Waals surface area (Å²) < 4.78 is 0. The third-order valence-electron chi connectivity index (χ3n) is 5.17. The van der Waals surface area contributed by atoms with E-state index >= 15 is 0 Å². The monoisotopic (exact) mass is 352 g/mol. The number of pyridine rings is 1. The van der Waals surface area contributed by atoms with E-state index in [4.69, 9.17) is 0 Å². The number of aromatic nitrogens is 3. The molecule has 3 heterocycles. The molecule has 136 valence electrons. The Morgan fingerprint density at radius 1 is 1.46 bits per heavy atom. The van der Waals surface area contributed by atoms with Crippen LogP contribution in [0.1, 0.15) is 43.6 Å². The van der Waals surface area contributed by atoms with Crippen molar-refractivity contribution < 1.29 is 0 Å². The molecule has 2 aromatic rings. The predicted molar refractivity (Wildman–Crippen MR) is 100.0 cm³/mol. The van der Waals surface area contributed by atoms with Crippen LogP contribution in [0.3, 0.4) is 0 Å². The fourth-order valence-electron chi connectivity index (χ4n) is 3.73. The molecule has 7 nitrogen and oxygen atoms in total. The minimum atomic E-state index is -0.434. The smallest absolute Gasteiger partial charge is 0.284 e. The highest BCUT2D eigenvalue weighted by atomic mass is 16.1. The standard InChI is InChI=1S/C19H24N6O/c1-4-17-15(6-5-7-21-17)14(3)24-8-9-25(13(2)12-24)18-11-22-23-19(26)16(18)10-20/h5-7,11,13-14H,4,8-9,12H2,1-3H3,(H,23,26)/t13-,14?/m1/s1. The molecule has 0 aliphatic carbocycles. The second-order valence-corrected chi connectivity index (χ2v) is 6.68. The Hall–Kier alpha value is -2.72. The van der Waals surface area contributed by atoms with E-state index in [0.717, 1.165) is 31.7 Å². The van der Waals surface area contributed by atoms with Gasteiger partial charge in [0.2, 0.25) is 0 Å². The molecule has 2 aromatic heterocycles. The third-order valence-corrected chi connectivity index (χ3v) is 5.17. The molecule has 1 unspecified atom stereocenters. The zero-order valence-corrected chi connectivity index (χ0v) is 15.4. The number of nitriles is 1. The second-order valence-electron chi connectivity index (χ2n) is 6.68. The van der Waals surface area contributed by atoms with Crippen LogP contribution < -0.4 is 10.5 Å². The molecule has 0 spiro atoms. The van der Waals surface area contributed by atoms with Crippen molar-refractivity contribution in [2.24, 2.45) is 0 Å². The van der Waals surface area contributed by atoms with Gasteiger partial charge in [-0.2, -0.15) is 10.4 Å². The van der Waals surface area contributed by atoms with E-state index in [0.29, 0.717) is 5.69 Å². The summed E-state index contributed by atoms with van der Waals surface area (Å²) in [6.45, 7) is 8.90. The number of hydrogen-bond donors (Lipinski definition) is 1. The van der Waals surface area contributed by atoms with Gasteiger partial charge in [0, 0.05) is 43.6 Å². The molecule has 0 bridgehead atoms. The summed E-state index contributed by atoms with van der Waals surface area (Å²) in [7, 11) is 0. The molecule has 1 aliphatic rings. The van der Waals surface area contributed by atoms with E-state index in [-0.39, 0.29) is 17.6 Å². The number of nitrogens with zero attached hydrogens (tertiary/aromatic N) is 5. The molecule has 7 heteroatoms. The molecule has 1 fully saturated rings. The summed E-state index contributed by atoms with van der Waals surface area (Å²) in [5.74, 6) is 0. The lowest BCUT2D eigenvalue weighted by Gasteiger charge is -2.43. The minimum Gasteiger partial charge on any atom is -0.364 e. The van der Waals surface area contributed by atoms with Crippen molar-refractivity contribution in [3.63, 3.8) is 0 Å². The van der Waals surface area contributed by atoms with E-state index in [1.165, 1.54) is 5.56 Å². The average Bonchev–Trinajstić information content (AvgIpc) is 2.67. The van der Waals surface area contributed by atoms with Crippen LogP contribution in [0.5, 0.6) is 0 Å². The predicted octanol–water partition coefficient (Wildman–Crippen LogP) is 1.87. The zero-order chi connectivity index (χ0) is 18.7. The van der Waals surface area contributed by atoms with Crippen molar-refractivity contribution in [3.05, 3.63) is 51.7 Å². The summed E-state index contributed by atoms with van der Waals surface area (Å²) in [5.41, 5.74) is 2.73. The minimum absolute atomic E-state index is 0.133. The Kier molecular flexibility index (Phi) is 5.33. The number of rotatable bonds is 4. The first-order valence-electron chi connectivity index (χ1n) is 8.99. The Labute approximate surface area is 153 Å².